The second-order valence-electron chi connectivity index (χ2n) is 3.85. The fourth-order valence-electron chi connectivity index (χ4n) is 1.59. The van der Waals surface area contributed by atoms with Crippen molar-refractivity contribution in [3.05, 3.63) is 46.8 Å². The molecule has 0 aliphatic rings. The van der Waals surface area contributed by atoms with Crippen LogP contribution in [0.4, 0.5) is 11.4 Å². The SMILES string of the molecule is CNc1cncc(Oc2ccc([N+](=O)[O-])cc2OC)c1. The van der Waals surface area contributed by atoms with Gasteiger partial charge in [0.1, 0.15) is 5.75 Å². The average Bonchev–Trinajstić information content (AvgIpc) is 2.47. The van der Waals surface area contributed by atoms with Crippen LogP contribution in [0.2, 0.25) is 0 Å². The molecule has 1 N–H and O–H groups in total. The van der Waals surface area contributed by atoms with Gasteiger partial charge in [-0.3, -0.25) is 15.1 Å². The van der Waals surface area contributed by atoms with Gasteiger partial charge in [-0.2, -0.15) is 0 Å². The van der Waals surface area contributed by atoms with Crippen molar-refractivity contribution in [3.63, 3.8) is 0 Å². The summed E-state index contributed by atoms with van der Waals surface area (Å²) in [6.45, 7) is 0. The molecule has 1 heterocycles. The molecular formula is C13H13N3O4. The number of nitrogens with one attached hydrogen (secondary N) is 1. The number of aromatic nitrogens is 1. The summed E-state index contributed by atoms with van der Waals surface area (Å²) in [7, 11) is 3.20. The Hall–Kier alpha value is -2.83. The Morgan fingerprint density at radius 2 is 2.05 bits per heavy atom. The molecule has 0 atom stereocenters. The topological polar surface area (TPSA) is 86.5 Å². The highest BCUT2D eigenvalue weighted by molar-refractivity contribution is 5.51. The lowest BCUT2D eigenvalue weighted by Crippen LogP contribution is -1.95. The van der Waals surface area contributed by atoms with Crippen molar-refractivity contribution >= 4 is 11.4 Å². The van der Waals surface area contributed by atoms with Gasteiger partial charge < -0.3 is 14.8 Å². The molecule has 0 bridgehead atoms. The predicted octanol–water partition coefficient (Wildman–Crippen LogP) is 2.83. The Labute approximate surface area is 115 Å². The van der Waals surface area contributed by atoms with E-state index >= 15 is 0 Å². The number of non-ortho nitro benzene ring substituents is 1. The zero-order chi connectivity index (χ0) is 14.5. The maximum atomic E-state index is 10.7. The van der Waals surface area contributed by atoms with Gasteiger partial charge in [0, 0.05) is 19.2 Å². The fourth-order valence-corrected chi connectivity index (χ4v) is 1.59. The molecule has 0 aliphatic carbocycles. The number of benzene rings is 1. The molecule has 20 heavy (non-hydrogen) atoms. The first-order valence-corrected chi connectivity index (χ1v) is 5.77. The van der Waals surface area contributed by atoms with Gasteiger partial charge in [-0.1, -0.05) is 0 Å². The van der Waals surface area contributed by atoms with Crippen molar-refractivity contribution < 1.29 is 14.4 Å². The third kappa shape index (κ3) is 2.94. The second kappa shape index (κ2) is 5.87. The van der Waals surface area contributed by atoms with E-state index in [0.29, 0.717) is 11.5 Å². The minimum absolute atomic E-state index is 0.0590. The molecule has 104 valence electrons. The van der Waals surface area contributed by atoms with Gasteiger partial charge in [0.05, 0.1) is 36.2 Å². The van der Waals surface area contributed by atoms with Crippen LogP contribution in [0.25, 0.3) is 0 Å². The summed E-state index contributed by atoms with van der Waals surface area (Å²) in [6, 6.07) is 5.91. The fraction of sp³-hybridized carbons (Fsp3) is 0.154. The number of hydrogen-bond donors (Lipinski definition) is 1. The van der Waals surface area contributed by atoms with E-state index in [4.69, 9.17) is 9.47 Å². The molecule has 0 saturated carbocycles. The maximum Gasteiger partial charge on any atom is 0.273 e. The molecule has 0 spiro atoms. The van der Waals surface area contributed by atoms with Crippen LogP contribution in [-0.4, -0.2) is 24.1 Å². The quantitative estimate of drug-likeness (QED) is 0.667. The van der Waals surface area contributed by atoms with Crippen LogP contribution < -0.4 is 14.8 Å². The van der Waals surface area contributed by atoms with Crippen LogP contribution in [0.15, 0.2) is 36.7 Å². The molecular weight excluding hydrogens is 262 g/mol. The van der Waals surface area contributed by atoms with Crippen molar-refractivity contribution in [2.24, 2.45) is 0 Å². The molecule has 0 radical (unpaired) electrons. The summed E-state index contributed by atoms with van der Waals surface area (Å²) in [4.78, 5) is 14.2. The highest BCUT2D eigenvalue weighted by Gasteiger charge is 2.13. The zero-order valence-electron chi connectivity index (χ0n) is 11.0. The summed E-state index contributed by atoms with van der Waals surface area (Å²) in [6.07, 6.45) is 3.20. The number of nitrogens with zero attached hydrogens (tertiary/aromatic N) is 2. The van der Waals surface area contributed by atoms with Crippen LogP contribution in [0, 0.1) is 10.1 Å². The third-order valence-electron chi connectivity index (χ3n) is 2.59. The van der Waals surface area contributed by atoms with Gasteiger partial charge in [0.2, 0.25) is 0 Å². The van der Waals surface area contributed by atoms with E-state index < -0.39 is 4.92 Å². The number of nitro groups is 1. The molecule has 7 nitrogen and oxygen atoms in total. The molecule has 0 unspecified atom stereocenters. The smallest absolute Gasteiger partial charge is 0.273 e. The molecule has 0 saturated heterocycles. The van der Waals surface area contributed by atoms with E-state index in [9.17, 15) is 10.1 Å². The lowest BCUT2D eigenvalue weighted by molar-refractivity contribution is -0.384. The van der Waals surface area contributed by atoms with Gasteiger partial charge in [-0.15, -0.1) is 0 Å². The second-order valence-corrected chi connectivity index (χ2v) is 3.85. The number of hydrogen-bond acceptors (Lipinski definition) is 6. The first-order chi connectivity index (χ1) is 9.63. The molecule has 2 aromatic rings. The number of methoxy groups -OCH3 is 1. The first kappa shape index (κ1) is 13.6. The zero-order valence-corrected chi connectivity index (χ0v) is 11.0. The number of rotatable bonds is 5. The highest BCUT2D eigenvalue weighted by Crippen LogP contribution is 2.34. The van der Waals surface area contributed by atoms with Crippen LogP contribution in [0.5, 0.6) is 17.2 Å². The van der Waals surface area contributed by atoms with Crippen LogP contribution >= 0.6 is 0 Å². The van der Waals surface area contributed by atoms with Gasteiger partial charge in [0.15, 0.2) is 11.5 Å². The average molecular weight is 275 g/mol. The summed E-state index contributed by atoms with van der Waals surface area (Å²) in [5.74, 6) is 1.17. The van der Waals surface area contributed by atoms with Crippen LogP contribution in [-0.2, 0) is 0 Å². The van der Waals surface area contributed by atoms with Crippen molar-refractivity contribution in [1.82, 2.24) is 4.98 Å². The molecule has 2 rings (SSSR count). The van der Waals surface area contributed by atoms with E-state index in [1.54, 1.807) is 25.5 Å². The Morgan fingerprint density at radius 1 is 1.25 bits per heavy atom. The first-order valence-electron chi connectivity index (χ1n) is 5.77. The molecule has 0 amide bonds. The van der Waals surface area contributed by atoms with Gasteiger partial charge >= 0.3 is 0 Å². The monoisotopic (exact) mass is 275 g/mol. The lowest BCUT2D eigenvalue weighted by Gasteiger charge is -2.10. The highest BCUT2D eigenvalue weighted by atomic mass is 16.6. The maximum absolute atomic E-state index is 10.7. The predicted molar refractivity (Wildman–Crippen MR) is 73.5 cm³/mol. The van der Waals surface area contributed by atoms with Crippen molar-refractivity contribution in [1.29, 1.82) is 0 Å². The Balaban J connectivity index is 2.30. The van der Waals surface area contributed by atoms with Crippen LogP contribution in [0.3, 0.4) is 0 Å². The standard InChI is InChI=1S/C13H13N3O4/c1-14-9-5-11(8-15-7-9)20-12-4-3-10(16(17)18)6-13(12)19-2/h3-8,14H,1-2H3. The largest absolute Gasteiger partial charge is 0.493 e. The van der Waals surface area contributed by atoms with Crippen LogP contribution in [0.1, 0.15) is 0 Å². The Morgan fingerprint density at radius 3 is 2.70 bits per heavy atom. The summed E-state index contributed by atoms with van der Waals surface area (Å²) >= 11 is 0. The van der Waals surface area contributed by atoms with Gasteiger partial charge in [0.25, 0.3) is 5.69 Å². The molecule has 0 aliphatic heterocycles. The van der Waals surface area contributed by atoms with E-state index in [0.717, 1.165) is 5.69 Å². The van der Waals surface area contributed by atoms with Crippen molar-refractivity contribution in [3.8, 4) is 17.2 Å². The Kier molecular flexibility index (Phi) is 3.99. The Bertz CT molecular complexity index is 631. The molecule has 1 aromatic carbocycles. The van der Waals surface area contributed by atoms with Crippen molar-refractivity contribution in [2.45, 2.75) is 0 Å². The summed E-state index contributed by atoms with van der Waals surface area (Å²) in [5, 5.41) is 13.7. The van der Waals surface area contributed by atoms with Gasteiger partial charge in [-0.25, -0.2) is 0 Å². The van der Waals surface area contributed by atoms with E-state index in [-0.39, 0.29) is 11.4 Å². The molecule has 7 heteroatoms. The summed E-state index contributed by atoms with van der Waals surface area (Å²) < 4.78 is 10.7. The minimum Gasteiger partial charge on any atom is -0.493 e. The molecule has 1 aromatic heterocycles. The number of anilines is 1. The van der Waals surface area contributed by atoms with Crippen molar-refractivity contribution in [2.75, 3.05) is 19.5 Å². The molecule has 0 fully saturated rings. The number of pyridine rings is 1. The minimum atomic E-state index is -0.491. The number of ether oxygens (including phenoxy) is 2. The van der Waals surface area contributed by atoms with E-state index in [1.165, 1.54) is 25.3 Å². The third-order valence-corrected chi connectivity index (χ3v) is 2.59. The summed E-state index contributed by atoms with van der Waals surface area (Å²) in [5.41, 5.74) is 0.736. The van der Waals surface area contributed by atoms with E-state index in [1.807, 2.05) is 0 Å². The lowest BCUT2D eigenvalue weighted by atomic mass is 10.3. The van der Waals surface area contributed by atoms with E-state index in [2.05, 4.69) is 10.3 Å². The normalized spacial score (nSPS) is 9.90. The van der Waals surface area contributed by atoms with Gasteiger partial charge in [-0.05, 0) is 6.07 Å². The number of nitro benzene ring substituents is 1.